The number of halogens is 4. The van der Waals surface area contributed by atoms with Crippen LogP contribution in [-0.4, -0.2) is 35.5 Å². The first-order chi connectivity index (χ1) is 11.4. The van der Waals surface area contributed by atoms with Crippen molar-refractivity contribution in [1.82, 2.24) is 4.90 Å². The second kappa shape index (κ2) is 9.23. The third-order valence-corrected chi connectivity index (χ3v) is 3.69. The van der Waals surface area contributed by atoms with Crippen molar-refractivity contribution < 1.29 is 22.8 Å². The summed E-state index contributed by atoms with van der Waals surface area (Å²) in [6.45, 7) is 6.67. The number of nitrogens with one attached hydrogen (secondary N) is 1. The van der Waals surface area contributed by atoms with Gasteiger partial charge in [0.15, 0.2) is 0 Å². The van der Waals surface area contributed by atoms with Gasteiger partial charge < -0.3 is 16.0 Å². The topological polar surface area (TPSA) is 75.4 Å². The molecule has 0 aliphatic carbocycles. The molecule has 0 aliphatic heterocycles. The van der Waals surface area contributed by atoms with Gasteiger partial charge in [-0.3, -0.25) is 9.59 Å². The minimum atomic E-state index is -4.92. The summed E-state index contributed by atoms with van der Waals surface area (Å²) in [6.07, 6.45) is -4.92. The van der Waals surface area contributed by atoms with Gasteiger partial charge in [-0.15, -0.1) is 12.4 Å². The number of benzene rings is 1. The van der Waals surface area contributed by atoms with Crippen molar-refractivity contribution in [3.05, 3.63) is 29.8 Å². The maximum atomic E-state index is 12.6. The van der Waals surface area contributed by atoms with E-state index < -0.39 is 23.5 Å². The monoisotopic (exact) mass is 395 g/mol. The van der Waals surface area contributed by atoms with Crippen LogP contribution in [0.3, 0.4) is 0 Å². The number of carbonyl (C=O) groups is 2. The lowest BCUT2D eigenvalue weighted by atomic mass is 9.87. The van der Waals surface area contributed by atoms with E-state index in [0.717, 1.165) is 0 Å². The highest BCUT2D eigenvalue weighted by Gasteiger charge is 2.41. The summed E-state index contributed by atoms with van der Waals surface area (Å²) in [6, 6.07) is 5.58. The van der Waals surface area contributed by atoms with E-state index >= 15 is 0 Å². The van der Waals surface area contributed by atoms with Crippen LogP contribution in [0.25, 0.3) is 0 Å². The smallest absolute Gasteiger partial charge is 0.331 e. The van der Waals surface area contributed by atoms with Gasteiger partial charge in [0.2, 0.25) is 5.91 Å². The first kappa shape index (κ1) is 24.2. The number of amides is 2. The predicted octanol–water partition coefficient (Wildman–Crippen LogP) is 3.33. The summed E-state index contributed by atoms with van der Waals surface area (Å²) in [4.78, 5) is 24.2. The highest BCUT2D eigenvalue weighted by molar-refractivity contribution is 5.95. The average molecular weight is 396 g/mol. The molecule has 3 N–H and O–H groups in total. The molecule has 0 bridgehead atoms. The molecule has 0 radical (unpaired) electrons. The second-order valence-electron chi connectivity index (χ2n) is 6.85. The van der Waals surface area contributed by atoms with E-state index in [1.54, 1.807) is 18.2 Å². The molecular weight excluding hydrogens is 371 g/mol. The lowest BCUT2D eigenvalue weighted by molar-refractivity contribution is -0.185. The molecule has 1 rings (SSSR count). The fraction of sp³-hybridized carbons (Fsp3) is 0.529. The zero-order valence-electron chi connectivity index (χ0n) is 15.2. The molecule has 148 valence electrons. The summed E-state index contributed by atoms with van der Waals surface area (Å²) in [5.41, 5.74) is 6.34. The molecular formula is C17H25ClF3N3O2. The Morgan fingerprint density at radius 3 is 2.27 bits per heavy atom. The van der Waals surface area contributed by atoms with Crippen molar-refractivity contribution in [2.75, 3.05) is 11.9 Å². The van der Waals surface area contributed by atoms with Crippen LogP contribution in [0.15, 0.2) is 24.3 Å². The van der Waals surface area contributed by atoms with Gasteiger partial charge in [0, 0.05) is 18.8 Å². The van der Waals surface area contributed by atoms with Gasteiger partial charge in [0.25, 0.3) is 0 Å². The number of hydrogen-bond acceptors (Lipinski definition) is 3. The molecule has 2 amide bonds. The first-order valence-corrected chi connectivity index (χ1v) is 7.87. The van der Waals surface area contributed by atoms with Crippen molar-refractivity contribution in [3.8, 4) is 0 Å². The van der Waals surface area contributed by atoms with Crippen molar-refractivity contribution in [1.29, 1.82) is 0 Å². The maximum Gasteiger partial charge on any atom is 0.471 e. The zero-order valence-corrected chi connectivity index (χ0v) is 16.0. The Hall–Kier alpha value is -1.80. The highest BCUT2D eigenvalue weighted by Crippen LogP contribution is 2.22. The average Bonchev–Trinajstić information content (AvgIpc) is 2.49. The van der Waals surface area contributed by atoms with Crippen LogP contribution in [0.4, 0.5) is 18.9 Å². The third kappa shape index (κ3) is 6.84. The Kier molecular flexibility index (Phi) is 8.59. The maximum absolute atomic E-state index is 12.6. The van der Waals surface area contributed by atoms with Gasteiger partial charge in [-0.2, -0.15) is 13.2 Å². The summed E-state index contributed by atoms with van der Waals surface area (Å²) in [7, 11) is 0. The van der Waals surface area contributed by atoms with Crippen molar-refractivity contribution >= 4 is 29.9 Å². The minimum Gasteiger partial charge on any atom is -0.331 e. The molecule has 1 atom stereocenters. The van der Waals surface area contributed by atoms with E-state index in [-0.39, 0.29) is 31.4 Å². The van der Waals surface area contributed by atoms with Gasteiger partial charge in [-0.25, -0.2) is 0 Å². The van der Waals surface area contributed by atoms with Gasteiger partial charge in [0.05, 0.1) is 6.04 Å². The van der Waals surface area contributed by atoms with Crippen LogP contribution in [0.2, 0.25) is 0 Å². The number of carbonyl (C=O) groups excluding carboxylic acids is 2. The number of rotatable bonds is 5. The number of nitrogens with zero attached hydrogens (tertiary/aromatic N) is 1. The summed E-state index contributed by atoms with van der Waals surface area (Å²) in [5.74, 6) is -2.28. The standard InChI is InChI=1S/C17H24F3N3O2.ClH/c1-5-23(15(25)17(18,19)20)10-11-7-6-8-12(9-11)22-14(24)13(21)16(2,3)4;/h6-9,13H,5,10,21H2,1-4H3,(H,22,24);1H/t13-;/m1./s1. The molecule has 0 spiro atoms. The Labute approximate surface area is 157 Å². The van der Waals surface area contributed by atoms with E-state index in [1.165, 1.54) is 13.0 Å². The Morgan fingerprint density at radius 1 is 1.23 bits per heavy atom. The van der Waals surface area contributed by atoms with E-state index in [9.17, 15) is 22.8 Å². The largest absolute Gasteiger partial charge is 0.471 e. The van der Waals surface area contributed by atoms with Gasteiger partial charge in [-0.1, -0.05) is 32.9 Å². The Bertz CT molecular complexity index is 630. The second-order valence-corrected chi connectivity index (χ2v) is 6.85. The normalized spacial score (nSPS) is 12.8. The Balaban J connectivity index is 0.00000625. The van der Waals surface area contributed by atoms with E-state index in [0.29, 0.717) is 16.2 Å². The van der Waals surface area contributed by atoms with Crippen molar-refractivity contribution in [3.63, 3.8) is 0 Å². The molecule has 0 aromatic heterocycles. The van der Waals surface area contributed by atoms with Crippen LogP contribution in [0, 0.1) is 5.41 Å². The number of alkyl halides is 3. The molecule has 26 heavy (non-hydrogen) atoms. The fourth-order valence-electron chi connectivity index (χ4n) is 2.09. The van der Waals surface area contributed by atoms with E-state index in [4.69, 9.17) is 5.73 Å². The molecule has 0 saturated heterocycles. The summed E-state index contributed by atoms with van der Waals surface area (Å²) >= 11 is 0. The predicted molar refractivity (Wildman–Crippen MR) is 96.9 cm³/mol. The quantitative estimate of drug-likeness (QED) is 0.803. The molecule has 1 aromatic carbocycles. The minimum absolute atomic E-state index is 0. The molecule has 5 nitrogen and oxygen atoms in total. The van der Waals surface area contributed by atoms with Crippen molar-refractivity contribution in [2.45, 2.75) is 46.5 Å². The lowest BCUT2D eigenvalue weighted by Gasteiger charge is -2.26. The molecule has 9 heteroatoms. The van der Waals surface area contributed by atoms with E-state index in [1.807, 2.05) is 20.8 Å². The Morgan fingerprint density at radius 2 is 1.81 bits per heavy atom. The van der Waals surface area contributed by atoms with Gasteiger partial charge in [0.1, 0.15) is 0 Å². The summed E-state index contributed by atoms with van der Waals surface area (Å²) < 4.78 is 37.7. The summed E-state index contributed by atoms with van der Waals surface area (Å²) in [5, 5.41) is 2.65. The van der Waals surface area contributed by atoms with Gasteiger partial charge >= 0.3 is 12.1 Å². The van der Waals surface area contributed by atoms with Crippen LogP contribution >= 0.6 is 12.4 Å². The van der Waals surface area contributed by atoms with Crippen LogP contribution in [-0.2, 0) is 16.1 Å². The molecule has 0 unspecified atom stereocenters. The number of anilines is 1. The SMILES string of the molecule is CCN(Cc1cccc(NC(=O)[C@@H](N)C(C)(C)C)c1)C(=O)C(F)(F)F.Cl. The van der Waals surface area contributed by atoms with Crippen molar-refractivity contribution in [2.24, 2.45) is 11.1 Å². The van der Waals surface area contributed by atoms with Gasteiger partial charge in [-0.05, 0) is 30.0 Å². The molecule has 0 saturated carbocycles. The first-order valence-electron chi connectivity index (χ1n) is 7.87. The molecule has 0 fully saturated rings. The van der Waals surface area contributed by atoms with E-state index in [2.05, 4.69) is 5.32 Å². The third-order valence-electron chi connectivity index (χ3n) is 3.69. The molecule has 0 aliphatic rings. The van der Waals surface area contributed by atoms with Crippen LogP contribution in [0.1, 0.15) is 33.3 Å². The molecule has 1 aromatic rings. The molecule has 0 heterocycles. The fourth-order valence-corrected chi connectivity index (χ4v) is 2.09. The highest BCUT2D eigenvalue weighted by atomic mass is 35.5. The number of nitrogens with two attached hydrogens (primary N) is 1. The van der Waals surface area contributed by atoms with Crippen LogP contribution in [0.5, 0.6) is 0 Å². The zero-order chi connectivity index (χ0) is 19.4. The number of hydrogen-bond donors (Lipinski definition) is 2. The van der Waals surface area contributed by atoms with Crippen LogP contribution < -0.4 is 11.1 Å². The lowest BCUT2D eigenvalue weighted by Crippen LogP contribution is -2.45.